The number of halogens is 3. The van der Waals surface area contributed by atoms with E-state index >= 15 is 0 Å². The molecule has 2 aliphatic rings. The van der Waals surface area contributed by atoms with Crippen molar-refractivity contribution in [3.63, 3.8) is 0 Å². The first-order valence-electron chi connectivity index (χ1n) is 13.2. The Kier molecular flexibility index (Phi) is 7.94. The first-order valence-corrected chi connectivity index (χ1v) is 14.0. The first kappa shape index (κ1) is 27.9. The lowest BCUT2D eigenvalue weighted by Crippen LogP contribution is -2.70. The molecule has 6 nitrogen and oxygen atoms in total. The van der Waals surface area contributed by atoms with Gasteiger partial charge >= 0.3 is 6.18 Å². The van der Waals surface area contributed by atoms with E-state index in [0.717, 1.165) is 33.7 Å². The molecule has 3 heterocycles. The van der Waals surface area contributed by atoms with Gasteiger partial charge in [0.05, 0.1) is 42.7 Å². The standard InChI is InChI=1S/C29H34F3N4O2S/c1-20(36(15-14-34(2)18-28(36)38)25(19-37)21-6-5-12-33-17-21)11-13-35-23-7-3-4-8-26(23)39-27-10-9-22(16-24(27)35)29(30,31)32/h3-10,12,16-17,20,25,28,37-38H,11,13-15,18-19H2,1-2H3/q+1. The van der Waals surface area contributed by atoms with Gasteiger partial charge in [-0.1, -0.05) is 23.9 Å². The number of fused-ring (bicyclic) bond motifs is 2. The molecule has 0 amide bonds. The Hall–Kier alpha value is -2.63. The summed E-state index contributed by atoms with van der Waals surface area (Å²) in [6.07, 6.45) is -1.17. The average Bonchev–Trinajstić information content (AvgIpc) is 2.92. The van der Waals surface area contributed by atoms with Crippen LogP contribution < -0.4 is 4.90 Å². The molecule has 208 valence electrons. The highest BCUT2D eigenvalue weighted by atomic mass is 32.2. The normalized spacial score (nSPS) is 23.2. The topological polar surface area (TPSA) is 59.8 Å². The van der Waals surface area contributed by atoms with Crippen molar-refractivity contribution >= 4 is 23.1 Å². The molecule has 5 rings (SSSR count). The van der Waals surface area contributed by atoms with Crippen LogP contribution in [0, 0.1) is 0 Å². The summed E-state index contributed by atoms with van der Waals surface area (Å²) in [4.78, 5) is 10.1. The maximum Gasteiger partial charge on any atom is 0.416 e. The highest BCUT2D eigenvalue weighted by Gasteiger charge is 2.50. The summed E-state index contributed by atoms with van der Waals surface area (Å²) >= 11 is 1.48. The lowest BCUT2D eigenvalue weighted by molar-refractivity contribution is -1.02. The van der Waals surface area contributed by atoms with Crippen LogP contribution in [0.1, 0.15) is 30.5 Å². The van der Waals surface area contributed by atoms with Crippen LogP contribution in [0.3, 0.4) is 0 Å². The number of aliphatic hydroxyl groups is 2. The molecule has 39 heavy (non-hydrogen) atoms. The summed E-state index contributed by atoms with van der Waals surface area (Å²) in [6.45, 7) is 4.21. The Morgan fingerprint density at radius 1 is 1.10 bits per heavy atom. The van der Waals surface area contributed by atoms with Crippen LogP contribution in [0.15, 0.2) is 76.8 Å². The van der Waals surface area contributed by atoms with E-state index in [9.17, 15) is 23.4 Å². The fourth-order valence-electron chi connectivity index (χ4n) is 6.11. The summed E-state index contributed by atoms with van der Waals surface area (Å²) in [5.41, 5.74) is 1.60. The van der Waals surface area contributed by atoms with E-state index in [1.165, 1.54) is 17.8 Å². The molecule has 0 radical (unpaired) electrons. The molecule has 0 bridgehead atoms. The number of piperazine rings is 1. The smallest absolute Gasteiger partial charge is 0.390 e. The molecule has 1 aromatic heterocycles. The number of β-amino-alcohol motifs (C(OH)–C–C–N with tert-alkyl or cyclic N) is 1. The van der Waals surface area contributed by atoms with Gasteiger partial charge in [0.15, 0.2) is 0 Å². The predicted molar refractivity (Wildman–Crippen MR) is 146 cm³/mol. The zero-order valence-electron chi connectivity index (χ0n) is 22.1. The minimum atomic E-state index is -4.44. The van der Waals surface area contributed by atoms with Gasteiger partial charge in [-0.3, -0.25) is 14.4 Å². The number of hydrogen-bond donors (Lipinski definition) is 2. The highest BCUT2D eigenvalue weighted by Crippen LogP contribution is 2.50. The summed E-state index contributed by atoms with van der Waals surface area (Å²) in [5.74, 6) is 0. The Labute approximate surface area is 231 Å². The number of aromatic nitrogens is 1. The quantitative estimate of drug-likeness (QED) is 0.384. The summed E-state index contributed by atoms with van der Waals surface area (Å²) in [6, 6.07) is 15.0. The van der Waals surface area contributed by atoms with Crippen LogP contribution in [0.5, 0.6) is 0 Å². The third-order valence-corrected chi connectivity index (χ3v) is 9.40. The van der Waals surface area contributed by atoms with Crippen molar-refractivity contribution in [3.8, 4) is 0 Å². The number of nitrogens with zero attached hydrogens (tertiary/aromatic N) is 4. The van der Waals surface area contributed by atoms with Gasteiger partial charge in [0.25, 0.3) is 0 Å². The van der Waals surface area contributed by atoms with E-state index in [1.807, 2.05) is 48.3 Å². The van der Waals surface area contributed by atoms with Gasteiger partial charge in [-0.2, -0.15) is 13.2 Å². The second-order valence-corrected chi connectivity index (χ2v) is 11.6. The molecule has 2 aromatic carbocycles. The number of anilines is 2. The zero-order valence-corrected chi connectivity index (χ0v) is 22.9. The summed E-state index contributed by atoms with van der Waals surface area (Å²) in [5, 5.41) is 22.2. The number of aliphatic hydroxyl groups excluding tert-OH is 2. The third kappa shape index (κ3) is 5.28. The van der Waals surface area contributed by atoms with Gasteiger partial charge in [0.2, 0.25) is 6.23 Å². The zero-order chi connectivity index (χ0) is 27.8. The first-order chi connectivity index (χ1) is 18.6. The number of alkyl halides is 3. The Bertz CT molecular complexity index is 1300. The van der Waals surface area contributed by atoms with Crippen molar-refractivity contribution in [1.29, 1.82) is 0 Å². The van der Waals surface area contributed by atoms with Crippen LogP contribution in [0.2, 0.25) is 0 Å². The van der Waals surface area contributed by atoms with Gasteiger partial charge < -0.3 is 15.1 Å². The van der Waals surface area contributed by atoms with E-state index in [-0.39, 0.29) is 23.2 Å². The van der Waals surface area contributed by atoms with Crippen LogP contribution in [0.4, 0.5) is 24.5 Å². The fraction of sp³-hybridized carbons (Fsp3) is 0.414. The molecular formula is C29H34F3N4O2S+. The average molecular weight is 560 g/mol. The van der Waals surface area contributed by atoms with E-state index < -0.39 is 18.0 Å². The van der Waals surface area contributed by atoms with Gasteiger partial charge in [-0.25, -0.2) is 0 Å². The van der Waals surface area contributed by atoms with E-state index in [1.54, 1.807) is 18.5 Å². The van der Waals surface area contributed by atoms with Crippen molar-refractivity contribution in [2.45, 2.75) is 47.6 Å². The minimum Gasteiger partial charge on any atom is -0.390 e. The number of rotatable bonds is 7. The summed E-state index contributed by atoms with van der Waals surface area (Å²) in [7, 11) is 1.97. The molecule has 1 saturated heterocycles. The van der Waals surface area contributed by atoms with E-state index in [0.29, 0.717) is 31.7 Å². The lowest BCUT2D eigenvalue weighted by atomic mass is 9.96. The van der Waals surface area contributed by atoms with Crippen molar-refractivity contribution < 1.29 is 27.9 Å². The molecule has 10 heteroatoms. The Morgan fingerprint density at radius 2 is 1.87 bits per heavy atom. The second-order valence-electron chi connectivity index (χ2n) is 10.5. The second kappa shape index (κ2) is 11.1. The third-order valence-electron chi connectivity index (χ3n) is 8.27. The SMILES string of the molecule is CC(CCN1c2ccccc2Sc2ccc(C(F)(F)F)cc21)[N+]1(C(CO)c2cccnc2)CCN(C)CC1O. The predicted octanol–water partition coefficient (Wildman–Crippen LogP) is 5.30. The lowest BCUT2D eigenvalue weighted by Gasteiger charge is -2.55. The highest BCUT2D eigenvalue weighted by molar-refractivity contribution is 7.99. The van der Waals surface area contributed by atoms with Crippen molar-refractivity contribution in [1.82, 2.24) is 9.88 Å². The number of likely N-dealkylation sites (N-methyl/N-ethyl adjacent to an activating group) is 1. The van der Waals surface area contributed by atoms with Crippen LogP contribution >= 0.6 is 11.8 Å². The molecule has 2 N–H and O–H groups in total. The molecular weight excluding hydrogens is 525 g/mol. The van der Waals surface area contributed by atoms with Crippen LogP contribution in [-0.4, -0.2) is 76.7 Å². The molecule has 4 atom stereocenters. The van der Waals surface area contributed by atoms with Gasteiger partial charge in [0, 0.05) is 47.3 Å². The number of para-hydroxylation sites is 1. The molecule has 0 saturated carbocycles. The van der Waals surface area contributed by atoms with Crippen LogP contribution in [-0.2, 0) is 6.18 Å². The Morgan fingerprint density at radius 3 is 2.56 bits per heavy atom. The molecule has 1 fully saturated rings. The van der Waals surface area contributed by atoms with Gasteiger partial charge in [-0.15, -0.1) is 0 Å². The fourth-order valence-corrected chi connectivity index (χ4v) is 7.19. The number of hydrogen-bond acceptors (Lipinski definition) is 6. The summed E-state index contributed by atoms with van der Waals surface area (Å²) < 4.78 is 41.3. The number of benzene rings is 2. The molecule has 4 unspecified atom stereocenters. The van der Waals surface area contributed by atoms with Crippen molar-refractivity contribution in [2.75, 3.05) is 44.7 Å². The number of quaternary nitrogens is 1. The maximum atomic E-state index is 13.7. The Balaban J connectivity index is 1.50. The molecule has 0 aliphatic carbocycles. The van der Waals surface area contributed by atoms with E-state index in [2.05, 4.69) is 16.8 Å². The van der Waals surface area contributed by atoms with Crippen LogP contribution in [0.25, 0.3) is 0 Å². The molecule has 0 spiro atoms. The van der Waals surface area contributed by atoms with E-state index in [4.69, 9.17) is 0 Å². The molecule has 2 aliphatic heterocycles. The monoisotopic (exact) mass is 559 g/mol. The molecule has 3 aromatic rings. The maximum absolute atomic E-state index is 13.7. The van der Waals surface area contributed by atoms with Crippen molar-refractivity contribution in [2.24, 2.45) is 0 Å². The number of pyridine rings is 1. The van der Waals surface area contributed by atoms with Gasteiger partial charge in [-0.05, 0) is 56.4 Å². The largest absolute Gasteiger partial charge is 0.416 e. The minimum absolute atomic E-state index is 0.109. The van der Waals surface area contributed by atoms with Gasteiger partial charge in [0.1, 0.15) is 6.04 Å². The van der Waals surface area contributed by atoms with Crippen molar-refractivity contribution in [3.05, 3.63) is 78.1 Å².